The predicted molar refractivity (Wildman–Crippen MR) is 81.8 cm³/mol. The fraction of sp³-hybridized carbons (Fsp3) is 0.462. The monoisotopic (exact) mass is 351 g/mol. The lowest BCUT2D eigenvalue weighted by Gasteiger charge is -2.16. The maximum Gasteiger partial charge on any atom is 0.260 e. The highest BCUT2D eigenvalue weighted by Gasteiger charge is 2.32. The number of likely N-dealkylation sites (tertiary alicyclic amines) is 1. The lowest BCUT2D eigenvalue weighted by atomic mass is 10.3. The van der Waals surface area contributed by atoms with Crippen LogP contribution in [-0.4, -0.2) is 50.4 Å². The number of rotatable bonds is 4. The van der Waals surface area contributed by atoms with E-state index in [-0.39, 0.29) is 19.1 Å². The van der Waals surface area contributed by atoms with Crippen molar-refractivity contribution in [2.24, 2.45) is 0 Å². The van der Waals surface area contributed by atoms with E-state index in [0.717, 1.165) is 0 Å². The number of hydrogen-bond donors (Lipinski definition) is 0. The van der Waals surface area contributed by atoms with Crippen molar-refractivity contribution in [1.29, 1.82) is 0 Å². The highest BCUT2D eigenvalue weighted by molar-refractivity contribution is 7.91. The molecule has 0 aromatic heterocycles. The number of benzene rings is 1. The Kier molecular flexibility index (Phi) is 5.01. The van der Waals surface area contributed by atoms with Gasteiger partial charge in [-0.05, 0) is 24.6 Å². The maximum atomic E-state index is 12.0. The molecular formula is C13H15Cl2NO4S. The molecule has 1 aromatic rings. The van der Waals surface area contributed by atoms with E-state index in [1.54, 1.807) is 12.1 Å². The first-order valence-electron chi connectivity index (χ1n) is 6.32. The molecule has 0 radical (unpaired) electrons. The Morgan fingerprint density at radius 2 is 2.14 bits per heavy atom. The molecule has 0 N–H and O–H groups in total. The van der Waals surface area contributed by atoms with Gasteiger partial charge < -0.3 is 9.64 Å². The van der Waals surface area contributed by atoms with E-state index in [2.05, 4.69) is 0 Å². The van der Waals surface area contributed by atoms with Crippen LogP contribution < -0.4 is 4.74 Å². The van der Waals surface area contributed by atoms with Crippen LogP contribution in [0, 0.1) is 0 Å². The molecule has 116 valence electrons. The van der Waals surface area contributed by atoms with E-state index < -0.39 is 15.1 Å². The minimum Gasteiger partial charge on any atom is -0.482 e. The number of carbonyl (C=O) groups is 1. The van der Waals surface area contributed by atoms with Crippen molar-refractivity contribution in [3.63, 3.8) is 0 Å². The van der Waals surface area contributed by atoms with Gasteiger partial charge in [0.2, 0.25) is 0 Å². The number of carbonyl (C=O) groups excluding carboxylic acids is 1. The molecule has 1 atom stereocenters. The first kappa shape index (κ1) is 16.4. The van der Waals surface area contributed by atoms with E-state index in [4.69, 9.17) is 27.9 Å². The van der Waals surface area contributed by atoms with Crippen molar-refractivity contribution in [1.82, 2.24) is 4.90 Å². The number of halogens is 2. The molecule has 1 unspecified atom stereocenters. The highest BCUT2D eigenvalue weighted by Crippen LogP contribution is 2.27. The van der Waals surface area contributed by atoms with Gasteiger partial charge in [0.25, 0.3) is 5.91 Å². The van der Waals surface area contributed by atoms with Crippen molar-refractivity contribution in [3.8, 4) is 5.75 Å². The van der Waals surface area contributed by atoms with E-state index in [9.17, 15) is 13.2 Å². The number of sulfone groups is 1. The van der Waals surface area contributed by atoms with Crippen molar-refractivity contribution >= 4 is 38.9 Å². The second kappa shape index (κ2) is 6.42. The summed E-state index contributed by atoms with van der Waals surface area (Å²) in [5.41, 5.74) is 0. The quantitative estimate of drug-likeness (QED) is 0.832. The molecule has 0 spiro atoms. The largest absolute Gasteiger partial charge is 0.482 e. The summed E-state index contributed by atoms with van der Waals surface area (Å²) in [6.07, 6.45) is 1.65. The summed E-state index contributed by atoms with van der Waals surface area (Å²) in [7, 11) is -3.12. The fourth-order valence-corrected chi connectivity index (χ4v) is 3.57. The number of ether oxygens (including phenoxy) is 1. The molecule has 0 aliphatic carbocycles. The Morgan fingerprint density at radius 1 is 1.43 bits per heavy atom. The Bertz CT molecular complexity index is 648. The van der Waals surface area contributed by atoms with Crippen LogP contribution in [0.2, 0.25) is 10.0 Å². The first-order chi connectivity index (χ1) is 9.77. The molecule has 0 bridgehead atoms. The van der Waals surface area contributed by atoms with Gasteiger partial charge in [-0.25, -0.2) is 8.42 Å². The van der Waals surface area contributed by atoms with Crippen molar-refractivity contribution in [2.45, 2.75) is 11.7 Å². The van der Waals surface area contributed by atoms with E-state index >= 15 is 0 Å². The van der Waals surface area contributed by atoms with Crippen LogP contribution in [0.5, 0.6) is 5.75 Å². The van der Waals surface area contributed by atoms with Gasteiger partial charge in [0, 0.05) is 24.4 Å². The van der Waals surface area contributed by atoms with Crippen LogP contribution in [0.1, 0.15) is 6.42 Å². The lowest BCUT2D eigenvalue weighted by Crippen LogP contribution is -2.34. The molecule has 1 aliphatic rings. The second-order valence-electron chi connectivity index (χ2n) is 4.94. The third-order valence-corrected chi connectivity index (χ3v) is 5.47. The first-order valence-corrected chi connectivity index (χ1v) is 9.03. The van der Waals surface area contributed by atoms with Gasteiger partial charge in [0.1, 0.15) is 5.75 Å². The minimum absolute atomic E-state index is 0.183. The van der Waals surface area contributed by atoms with Gasteiger partial charge in [-0.3, -0.25) is 4.79 Å². The van der Waals surface area contributed by atoms with E-state index in [1.807, 2.05) is 0 Å². The fourth-order valence-electron chi connectivity index (χ4n) is 2.13. The molecule has 1 aliphatic heterocycles. The average Bonchev–Trinajstić information content (AvgIpc) is 2.87. The smallest absolute Gasteiger partial charge is 0.260 e. The molecule has 2 rings (SSSR count). The zero-order valence-electron chi connectivity index (χ0n) is 11.4. The summed E-state index contributed by atoms with van der Waals surface area (Å²) in [5.74, 6) is 0.112. The summed E-state index contributed by atoms with van der Waals surface area (Å²) in [4.78, 5) is 13.5. The average molecular weight is 352 g/mol. The summed E-state index contributed by atoms with van der Waals surface area (Å²) in [6.45, 7) is 0.460. The minimum atomic E-state index is -3.12. The molecule has 0 saturated carbocycles. The van der Waals surface area contributed by atoms with Gasteiger partial charge >= 0.3 is 0 Å². The maximum absolute atomic E-state index is 12.0. The molecule has 1 aromatic carbocycles. The summed E-state index contributed by atoms with van der Waals surface area (Å²) >= 11 is 11.7. The Morgan fingerprint density at radius 3 is 2.71 bits per heavy atom. The molecule has 8 heteroatoms. The normalized spacial score (nSPS) is 18.8. The van der Waals surface area contributed by atoms with E-state index in [0.29, 0.717) is 28.8 Å². The Balaban J connectivity index is 1.91. The van der Waals surface area contributed by atoms with Crippen LogP contribution in [-0.2, 0) is 14.6 Å². The molecule has 1 amide bonds. The molecule has 1 fully saturated rings. The van der Waals surface area contributed by atoms with Crippen LogP contribution in [0.15, 0.2) is 18.2 Å². The van der Waals surface area contributed by atoms with E-state index in [1.165, 1.54) is 17.2 Å². The Labute approximate surface area is 133 Å². The molecular weight excluding hydrogens is 337 g/mol. The highest BCUT2D eigenvalue weighted by atomic mass is 35.5. The van der Waals surface area contributed by atoms with Gasteiger partial charge in [-0.2, -0.15) is 0 Å². The van der Waals surface area contributed by atoms with Crippen LogP contribution in [0.25, 0.3) is 0 Å². The molecule has 1 heterocycles. The third kappa shape index (κ3) is 4.25. The number of amides is 1. The predicted octanol–water partition coefficient (Wildman–Crippen LogP) is 2.02. The lowest BCUT2D eigenvalue weighted by molar-refractivity contribution is -0.132. The SMILES string of the molecule is CS(=O)(=O)C1CCN(C(=O)COc2ccc(Cl)cc2Cl)C1. The van der Waals surface area contributed by atoms with Gasteiger partial charge in [0.15, 0.2) is 16.4 Å². The second-order valence-corrected chi connectivity index (χ2v) is 8.11. The summed E-state index contributed by atoms with van der Waals surface area (Å²) in [5, 5.41) is 0.320. The number of hydrogen-bond acceptors (Lipinski definition) is 4. The molecule has 21 heavy (non-hydrogen) atoms. The molecule has 5 nitrogen and oxygen atoms in total. The number of nitrogens with zero attached hydrogens (tertiary/aromatic N) is 1. The van der Waals surface area contributed by atoms with Crippen molar-refractivity contribution in [2.75, 3.05) is 26.0 Å². The summed E-state index contributed by atoms with van der Waals surface area (Å²) < 4.78 is 28.3. The van der Waals surface area contributed by atoms with Crippen LogP contribution in [0.3, 0.4) is 0 Å². The van der Waals surface area contributed by atoms with Gasteiger partial charge in [-0.15, -0.1) is 0 Å². The third-order valence-electron chi connectivity index (χ3n) is 3.35. The topological polar surface area (TPSA) is 63.7 Å². The van der Waals surface area contributed by atoms with Crippen LogP contribution in [0.4, 0.5) is 0 Å². The van der Waals surface area contributed by atoms with Gasteiger partial charge in [0.05, 0.1) is 10.3 Å². The summed E-state index contributed by atoms with van der Waals surface area (Å²) in [6, 6.07) is 4.72. The zero-order valence-corrected chi connectivity index (χ0v) is 13.7. The van der Waals surface area contributed by atoms with Crippen molar-refractivity contribution in [3.05, 3.63) is 28.2 Å². The standard InChI is InChI=1S/C13H15Cl2NO4S/c1-21(18,19)10-4-5-16(7-10)13(17)8-20-12-3-2-9(14)6-11(12)15/h2-3,6,10H,4-5,7-8H2,1H3. The zero-order chi connectivity index (χ0) is 15.6. The van der Waals surface area contributed by atoms with Crippen molar-refractivity contribution < 1.29 is 17.9 Å². The van der Waals surface area contributed by atoms with Gasteiger partial charge in [-0.1, -0.05) is 23.2 Å². The molecule has 1 saturated heterocycles. The van der Waals surface area contributed by atoms with Crippen LogP contribution >= 0.6 is 23.2 Å². The Hall–Kier alpha value is -0.980.